The first-order valence-corrected chi connectivity index (χ1v) is 5.65. The first kappa shape index (κ1) is 14.4. The Labute approximate surface area is 107 Å². The molecule has 1 unspecified atom stereocenters. The van der Waals surface area contributed by atoms with Crippen LogP contribution in [0, 0.1) is 0 Å². The Kier molecular flexibility index (Phi) is 5.54. The number of rotatable bonds is 7. The average Bonchev–Trinajstić information content (AvgIpc) is 2.43. The highest BCUT2D eigenvalue weighted by Crippen LogP contribution is 2.39. The van der Waals surface area contributed by atoms with Crippen molar-refractivity contribution in [1.29, 1.82) is 0 Å². The van der Waals surface area contributed by atoms with Crippen LogP contribution in [-0.2, 0) is 0 Å². The van der Waals surface area contributed by atoms with Crippen LogP contribution in [-0.4, -0.2) is 40.5 Å². The minimum atomic E-state index is -0.0934. The van der Waals surface area contributed by atoms with Crippen molar-refractivity contribution < 1.29 is 14.2 Å². The van der Waals surface area contributed by atoms with E-state index >= 15 is 0 Å². The fourth-order valence-electron chi connectivity index (χ4n) is 1.52. The zero-order valence-corrected chi connectivity index (χ0v) is 11.0. The molecule has 5 N–H and O–H groups in total. The maximum absolute atomic E-state index is 5.74. The number of hydrogen-bond acceptors (Lipinski definition) is 6. The molecule has 1 rings (SSSR count). The quantitative estimate of drug-likeness (QED) is 0.653. The fourth-order valence-corrected chi connectivity index (χ4v) is 1.52. The van der Waals surface area contributed by atoms with Crippen LogP contribution >= 0.6 is 0 Å². The van der Waals surface area contributed by atoms with Gasteiger partial charge in [-0.25, -0.2) is 0 Å². The molecular weight excluding hydrogens is 234 g/mol. The molecule has 102 valence electrons. The minimum absolute atomic E-state index is 0.0934. The Bertz CT molecular complexity index is 360. The molecule has 0 radical (unpaired) electrons. The number of anilines is 1. The van der Waals surface area contributed by atoms with E-state index < -0.39 is 0 Å². The number of ether oxygens (including phenoxy) is 3. The predicted octanol–water partition coefficient (Wildman–Crippen LogP) is 0.410. The van der Waals surface area contributed by atoms with Crippen molar-refractivity contribution in [2.75, 3.05) is 39.7 Å². The van der Waals surface area contributed by atoms with Gasteiger partial charge in [0.05, 0.1) is 21.3 Å². The molecule has 0 saturated carbocycles. The van der Waals surface area contributed by atoms with Crippen molar-refractivity contribution in [1.82, 2.24) is 0 Å². The first-order valence-electron chi connectivity index (χ1n) is 5.65. The third kappa shape index (κ3) is 3.41. The number of nitrogens with two attached hydrogens (primary N) is 2. The van der Waals surface area contributed by atoms with Gasteiger partial charge in [-0.05, 0) is 0 Å². The molecular formula is C12H21N3O3. The lowest BCUT2D eigenvalue weighted by Gasteiger charge is -2.16. The summed E-state index contributed by atoms with van der Waals surface area (Å²) in [6, 6.07) is 3.55. The molecule has 1 aromatic rings. The molecule has 6 heteroatoms. The van der Waals surface area contributed by atoms with Gasteiger partial charge in [-0.15, -0.1) is 0 Å². The molecule has 0 heterocycles. The third-order valence-electron chi connectivity index (χ3n) is 2.54. The molecule has 0 aliphatic rings. The molecule has 1 aromatic carbocycles. The smallest absolute Gasteiger partial charge is 0.203 e. The van der Waals surface area contributed by atoms with Crippen molar-refractivity contribution in [2.45, 2.75) is 6.04 Å². The Morgan fingerprint density at radius 3 is 2.06 bits per heavy atom. The number of nitrogens with one attached hydrogen (secondary N) is 1. The SMILES string of the molecule is COc1cc(NCC(N)CN)cc(OC)c1OC. The maximum Gasteiger partial charge on any atom is 0.203 e. The van der Waals surface area contributed by atoms with Gasteiger partial charge in [-0.3, -0.25) is 0 Å². The van der Waals surface area contributed by atoms with Crippen LogP contribution in [0.15, 0.2) is 12.1 Å². The topological polar surface area (TPSA) is 91.8 Å². The molecule has 1 atom stereocenters. The molecule has 0 amide bonds. The van der Waals surface area contributed by atoms with E-state index in [1.54, 1.807) is 21.3 Å². The molecule has 0 aliphatic carbocycles. The predicted molar refractivity (Wildman–Crippen MR) is 71.6 cm³/mol. The van der Waals surface area contributed by atoms with Gasteiger partial charge in [0.15, 0.2) is 11.5 Å². The second-order valence-electron chi connectivity index (χ2n) is 3.79. The maximum atomic E-state index is 5.74. The molecule has 0 aliphatic heterocycles. The van der Waals surface area contributed by atoms with Gasteiger partial charge in [0.1, 0.15) is 0 Å². The van der Waals surface area contributed by atoms with Crippen LogP contribution in [0.4, 0.5) is 5.69 Å². The molecule has 0 fully saturated rings. The van der Waals surface area contributed by atoms with E-state index in [0.29, 0.717) is 30.3 Å². The zero-order chi connectivity index (χ0) is 13.5. The average molecular weight is 255 g/mol. The van der Waals surface area contributed by atoms with Gasteiger partial charge >= 0.3 is 0 Å². The van der Waals surface area contributed by atoms with E-state index in [-0.39, 0.29) is 6.04 Å². The highest BCUT2D eigenvalue weighted by molar-refractivity contribution is 5.62. The van der Waals surface area contributed by atoms with E-state index in [4.69, 9.17) is 25.7 Å². The van der Waals surface area contributed by atoms with Crippen LogP contribution in [0.5, 0.6) is 17.2 Å². The van der Waals surface area contributed by atoms with E-state index in [1.165, 1.54) is 0 Å². The van der Waals surface area contributed by atoms with Gasteiger partial charge in [-0.1, -0.05) is 0 Å². The molecule has 0 saturated heterocycles. The van der Waals surface area contributed by atoms with Crippen LogP contribution in [0.2, 0.25) is 0 Å². The van der Waals surface area contributed by atoms with E-state index in [0.717, 1.165) is 5.69 Å². The first-order chi connectivity index (χ1) is 8.65. The summed E-state index contributed by atoms with van der Waals surface area (Å²) in [5, 5.41) is 3.18. The molecule has 18 heavy (non-hydrogen) atoms. The van der Waals surface area contributed by atoms with Crippen molar-refractivity contribution in [3.05, 3.63) is 12.1 Å². The van der Waals surface area contributed by atoms with Crippen LogP contribution in [0.25, 0.3) is 0 Å². The number of methoxy groups -OCH3 is 3. The third-order valence-corrected chi connectivity index (χ3v) is 2.54. The fraction of sp³-hybridized carbons (Fsp3) is 0.500. The Morgan fingerprint density at radius 1 is 1.11 bits per heavy atom. The van der Waals surface area contributed by atoms with Crippen molar-refractivity contribution in [2.24, 2.45) is 11.5 Å². The monoisotopic (exact) mass is 255 g/mol. The van der Waals surface area contributed by atoms with Gasteiger partial charge in [0, 0.05) is 37.0 Å². The highest BCUT2D eigenvalue weighted by atomic mass is 16.5. The number of hydrogen-bond donors (Lipinski definition) is 3. The summed E-state index contributed by atoms with van der Waals surface area (Å²) in [7, 11) is 4.72. The Morgan fingerprint density at radius 2 is 1.67 bits per heavy atom. The van der Waals surface area contributed by atoms with Crippen molar-refractivity contribution in [3.8, 4) is 17.2 Å². The van der Waals surface area contributed by atoms with Crippen LogP contribution < -0.4 is 31.0 Å². The van der Waals surface area contributed by atoms with Crippen LogP contribution in [0.1, 0.15) is 0 Å². The highest BCUT2D eigenvalue weighted by Gasteiger charge is 2.13. The summed E-state index contributed by atoms with van der Waals surface area (Å²) < 4.78 is 15.7. The molecule has 6 nitrogen and oxygen atoms in total. The summed E-state index contributed by atoms with van der Waals surface area (Å²) in [4.78, 5) is 0. The lowest BCUT2D eigenvalue weighted by atomic mass is 10.2. The number of benzene rings is 1. The van der Waals surface area contributed by atoms with E-state index in [9.17, 15) is 0 Å². The van der Waals surface area contributed by atoms with Crippen molar-refractivity contribution >= 4 is 5.69 Å². The van der Waals surface area contributed by atoms with E-state index in [1.807, 2.05) is 12.1 Å². The lowest BCUT2D eigenvalue weighted by Crippen LogP contribution is -2.36. The van der Waals surface area contributed by atoms with E-state index in [2.05, 4.69) is 5.32 Å². The Hall–Kier alpha value is -1.66. The van der Waals surface area contributed by atoms with Gasteiger partial charge < -0.3 is 31.0 Å². The summed E-state index contributed by atoms with van der Waals surface area (Å²) in [6.07, 6.45) is 0. The molecule has 0 spiro atoms. The van der Waals surface area contributed by atoms with Crippen molar-refractivity contribution in [3.63, 3.8) is 0 Å². The second kappa shape index (κ2) is 6.93. The summed E-state index contributed by atoms with van der Waals surface area (Å²) in [5.41, 5.74) is 12.0. The lowest BCUT2D eigenvalue weighted by molar-refractivity contribution is 0.324. The molecule has 0 bridgehead atoms. The van der Waals surface area contributed by atoms with Gasteiger partial charge in [-0.2, -0.15) is 0 Å². The zero-order valence-electron chi connectivity index (χ0n) is 11.0. The summed E-state index contributed by atoms with van der Waals surface area (Å²) in [6.45, 7) is 1.01. The summed E-state index contributed by atoms with van der Waals surface area (Å²) in [5.74, 6) is 1.76. The molecule has 0 aromatic heterocycles. The van der Waals surface area contributed by atoms with Gasteiger partial charge in [0.2, 0.25) is 5.75 Å². The van der Waals surface area contributed by atoms with Gasteiger partial charge in [0.25, 0.3) is 0 Å². The normalized spacial score (nSPS) is 11.8. The standard InChI is InChI=1S/C12H21N3O3/c1-16-10-4-9(15-7-8(14)6-13)5-11(17-2)12(10)18-3/h4-5,8,15H,6-7,13-14H2,1-3H3. The largest absolute Gasteiger partial charge is 0.493 e. The second-order valence-corrected chi connectivity index (χ2v) is 3.79. The minimum Gasteiger partial charge on any atom is -0.493 e. The Balaban J connectivity index is 2.93. The summed E-state index contributed by atoms with van der Waals surface area (Å²) >= 11 is 0. The van der Waals surface area contributed by atoms with Crippen LogP contribution in [0.3, 0.4) is 0 Å².